The minimum Gasteiger partial charge on any atom is -0.406 e. The number of halogens is 3. The zero-order chi connectivity index (χ0) is 23.3. The van der Waals surface area contributed by atoms with Crippen LogP contribution in [0, 0.1) is 11.3 Å². The number of nitriles is 1. The Morgan fingerprint density at radius 1 is 1.19 bits per heavy atom. The first-order valence-electron chi connectivity index (χ1n) is 9.22. The molecule has 0 bridgehead atoms. The number of pyridine rings is 1. The van der Waals surface area contributed by atoms with Crippen molar-refractivity contribution in [3.8, 4) is 34.5 Å². The largest absolute Gasteiger partial charge is 0.573 e. The highest BCUT2D eigenvalue weighted by Crippen LogP contribution is 2.27. The van der Waals surface area contributed by atoms with Gasteiger partial charge in [0.2, 0.25) is 0 Å². The first-order chi connectivity index (χ1) is 15.2. The topological polar surface area (TPSA) is 121 Å². The van der Waals surface area contributed by atoms with Crippen LogP contribution >= 0.6 is 0 Å². The third-order valence-corrected chi connectivity index (χ3v) is 4.13. The molecule has 1 atom stereocenters. The molecule has 2 N–H and O–H groups in total. The zero-order valence-electron chi connectivity index (χ0n) is 16.6. The van der Waals surface area contributed by atoms with Gasteiger partial charge in [0.1, 0.15) is 23.2 Å². The van der Waals surface area contributed by atoms with Crippen molar-refractivity contribution in [3.63, 3.8) is 0 Å². The second-order valence-corrected chi connectivity index (χ2v) is 6.64. The smallest absolute Gasteiger partial charge is 0.406 e. The zero-order valence-corrected chi connectivity index (χ0v) is 16.6. The molecule has 3 rings (SSSR count). The molecule has 0 spiro atoms. The van der Waals surface area contributed by atoms with Crippen LogP contribution in [-0.2, 0) is 0 Å². The average Bonchev–Trinajstić information content (AvgIpc) is 2.78. The molecule has 8 nitrogen and oxygen atoms in total. The molecule has 3 aromatic rings. The Kier molecular flexibility index (Phi) is 6.65. The van der Waals surface area contributed by atoms with Crippen LogP contribution in [0.3, 0.4) is 0 Å². The summed E-state index contributed by atoms with van der Waals surface area (Å²) in [6.07, 6.45) is -3.45. The maximum atomic E-state index is 12.6. The van der Waals surface area contributed by atoms with Gasteiger partial charge in [0.15, 0.2) is 5.82 Å². The third-order valence-electron chi connectivity index (χ3n) is 4.13. The van der Waals surface area contributed by atoms with Crippen LogP contribution in [0.25, 0.3) is 22.6 Å². The Morgan fingerprint density at radius 2 is 1.88 bits per heavy atom. The van der Waals surface area contributed by atoms with Gasteiger partial charge in [-0.25, -0.2) is 15.0 Å². The van der Waals surface area contributed by atoms with E-state index in [-0.39, 0.29) is 29.5 Å². The second kappa shape index (κ2) is 9.40. The lowest BCUT2D eigenvalue weighted by Crippen LogP contribution is -2.35. The van der Waals surface area contributed by atoms with Gasteiger partial charge in [0.25, 0.3) is 5.91 Å². The number of hydrogen-bond donors (Lipinski definition) is 2. The minimum absolute atomic E-state index is 0.0229. The summed E-state index contributed by atoms with van der Waals surface area (Å²) in [5.41, 5.74) is 1.26. The summed E-state index contributed by atoms with van der Waals surface area (Å²) < 4.78 is 41.1. The van der Waals surface area contributed by atoms with Crippen LogP contribution in [0.15, 0.2) is 48.7 Å². The Balaban J connectivity index is 2.03. The second-order valence-electron chi connectivity index (χ2n) is 6.64. The molecule has 0 aliphatic rings. The lowest BCUT2D eigenvalue weighted by atomic mass is 10.1. The standard InChI is InChI=1S/C21H16F3N5O3/c1-12(11-30)27-20(31)18-8-17(13-3-6-16(7-4-13)32-21(22,23)24)28-19(29-18)14-2-5-15(9-25)26-10-14/h2-8,10,12,30H,11H2,1H3,(H,27,31)/t12-/m0/s1. The number of rotatable bonds is 6. The SMILES string of the molecule is C[C@@H](CO)NC(=O)c1cc(-c2ccc(OC(F)(F)F)cc2)nc(-c2ccc(C#N)nc2)n1. The molecule has 1 aromatic carbocycles. The van der Waals surface area contributed by atoms with E-state index >= 15 is 0 Å². The van der Waals surface area contributed by atoms with Crippen molar-refractivity contribution in [1.29, 1.82) is 5.26 Å². The molecule has 0 unspecified atom stereocenters. The van der Waals surface area contributed by atoms with E-state index in [1.54, 1.807) is 13.0 Å². The molecule has 164 valence electrons. The number of carbonyl (C=O) groups is 1. The van der Waals surface area contributed by atoms with E-state index in [4.69, 9.17) is 5.26 Å². The number of benzene rings is 1. The van der Waals surface area contributed by atoms with Gasteiger partial charge in [-0.05, 0) is 49.4 Å². The van der Waals surface area contributed by atoms with E-state index in [1.165, 1.54) is 30.5 Å². The molecule has 11 heteroatoms. The molecule has 2 heterocycles. The number of aromatic nitrogens is 3. The molecule has 0 aliphatic carbocycles. The van der Waals surface area contributed by atoms with Crippen LogP contribution in [0.5, 0.6) is 5.75 Å². The lowest BCUT2D eigenvalue weighted by Gasteiger charge is -2.13. The third kappa shape index (κ3) is 5.77. The molecular formula is C21H16F3N5O3. The van der Waals surface area contributed by atoms with Gasteiger partial charge in [-0.2, -0.15) is 5.26 Å². The fraction of sp³-hybridized carbons (Fsp3) is 0.190. The Morgan fingerprint density at radius 3 is 2.44 bits per heavy atom. The van der Waals surface area contributed by atoms with Crippen molar-refractivity contribution in [2.45, 2.75) is 19.3 Å². The summed E-state index contributed by atoms with van der Waals surface area (Å²) in [4.78, 5) is 25.2. The van der Waals surface area contributed by atoms with Crippen molar-refractivity contribution in [3.05, 3.63) is 60.0 Å². The number of amides is 1. The molecule has 1 amide bonds. The van der Waals surface area contributed by atoms with Gasteiger partial charge < -0.3 is 15.2 Å². The molecule has 0 saturated carbocycles. The number of nitrogens with zero attached hydrogens (tertiary/aromatic N) is 4. The fourth-order valence-corrected chi connectivity index (χ4v) is 2.60. The number of hydrogen-bond acceptors (Lipinski definition) is 7. The summed E-state index contributed by atoms with van der Waals surface area (Å²) in [7, 11) is 0. The van der Waals surface area contributed by atoms with E-state index in [0.717, 1.165) is 12.1 Å². The highest BCUT2D eigenvalue weighted by Gasteiger charge is 2.31. The summed E-state index contributed by atoms with van der Waals surface area (Å²) in [6.45, 7) is 1.32. The van der Waals surface area contributed by atoms with E-state index in [2.05, 4.69) is 25.0 Å². The van der Waals surface area contributed by atoms with E-state index in [9.17, 15) is 23.1 Å². The molecule has 0 radical (unpaired) electrons. The summed E-state index contributed by atoms with van der Waals surface area (Å²) in [5, 5.41) is 20.7. The van der Waals surface area contributed by atoms with Crippen molar-refractivity contribution >= 4 is 5.91 Å². The maximum absolute atomic E-state index is 12.6. The van der Waals surface area contributed by atoms with Crippen LogP contribution in [0.1, 0.15) is 23.1 Å². The number of alkyl halides is 3. The summed E-state index contributed by atoms with van der Waals surface area (Å²) >= 11 is 0. The molecule has 0 saturated heterocycles. The van der Waals surface area contributed by atoms with Crippen molar-refractivity contribution in [1.82, 2.24) is 20.3 Å². The van der Waals surface area contributed by atoms with Gasteiger partial charge in [-0.1, -0.05) is 0 Å². The molecule has 2 aromatic heterocycles. The number of carbonyl (C=O) groups excluding carboxylic acids is 1. The van der Waals surface area contributed by atoms with Crippen molar-refractivity contribution < 1.29 is 27.8 Å². The number of aliphatic hydroxyl groups is 1. The number of aliphatic hydroxyl groups excluding tert-OH is 1. The predicted octanol–water partition coefficient (Wildman–Crippen LogP) is 3.09. The van der Waals surface area contributed by atoms with Crippen LogP contribution in [-0.4, -0.2) is 45.0 Å². The number of ether oxygens (including phenoxy) is 1. The predicted molar refractivity (Wildman–Crippen MR) is 106 cm³/mol. The summed E-state index contributed by atoms with van der Waals surface area (Å²) in [5.74, 6) is -0.853. The van der Waals surface area contributed by atoms with Gasteiger partial charge >= 0.3 is 6.36 Å². The molecule has 0 aliphatic heterocycles. The van der Waals surface area contributed by atoms with Crippen LogP contribution in [0.4, 0.5) is 13.2 Å². The Labute approximate surface area is 180 Å². The molecule has 32 heavy (non-hydrogen) atoms. The Bertz CT molecular complexity index is 1140. The number of nitrogens with one attached hydrogen (secondary N) is 1. The monoisotopic (exact) mass is 443 g/mol. The van der Waals surface area contributed by atoms with Crippen LogP contribution in [0.2, 0.25) is 0 Å². The average molecular weight is 443 g/mol. The van der Waals surface area contributed by atoms with E-state index in [1.807, 2.05) is 6.07 Å². The van der Waals surface area contributed by atoms with Gasteiger partial charge in [-0.15, -0.1) is 13.2 Å². The molecular weight excluding hydrogens is 427 g/mol. The minimum atomic E-state index is -4.82. The van der Waals surface area contributed by atoms with E-state index in [0.29, 0.717) is 11.1 Å². The summed E-state index contributed by atoms with van der Waals surface area (Å²) in [6, 6.07) is 10.7. The van der Waals surface area contributed by atoms with Crippen LogP contribution < -0.4 is 10.1 Å². The van der Waals surface area contributed by atoms with Gasteiger partial charge in [-0.3, -0.25) is 4.79 Å². The Hall–Kier alpha value is -4.04. The van der Waals surface area contributed by atoms with E-state index < -0.39 is 24.1 Å². The highest BCUT2D eigenvalue weighted by molar-refractivity contribution is 5.94. The normalized spacial score (nSPS) is 12.0. The quantitative estimate of drug-likeness (QED) is 0.601. The van der Waals surface area contributed by atoms with Crippen molar-refractivity contribution in [2.24, 2.45) is 0 Å². The van der Waals surface area contributed by atoms with Gasteiger partial charge in [0, 0.05) is 23.4 Å². The highest BCUT2D eigenvalue weighted by atomic mass is 19.4. The molecule has 0 fully saturated rings. The maximum Gasteiger partial charge on any atom is 0.573 e. The lowest BCUT2D eigenvalue weighted by molar-refractivity contribution is -0.274. The first kappa shape index (κ1) is 22.6. The van der Waals surface area contributed by atoms with Gasteiger partial charge in [0.05, 0.1) is 12.3 Å². The fourth-order valence-electron chi connectivity index (χ4n) is 2.60. The first-order valence-corrected chi connectivity index (χ1v) is 9.22. The van der Waals surface area contributed by atoms with Crippen molar-refractivity contribution in [2.75, 3.05) is 6.61 Å².